The van der Waals surface area contributed by atoms with Crippen molar-refractivity contribution in [3.63, 3.8) is 0 Å². The van der Waals surface area contributed by atoms with Crippen molar-refractivity contribution in [2.24, 2.45) is 11.3 Å². The van der Waals surface area contributed by atoms with E-state index in [-0.39, 0.29) is 6.04 Å². The highest BCUT2D eigenvalue weighted by molar-refractivity contribution is 5.78. The Morgan fingerprint density at radius 1 is 1.37 bits per heavy atom. The van der Waals surface area contributed by atoms with Gasteiger partial charge in [-0.3, -0.25) is 10.1 Å². The lowest BCUT2D eigenvalue weighted by Gasteiger charge is -2.33. The standard InChI is InChI=1S/C15H30N2O2/c1-11(2)16-15(6,13(18)19)10-17-8-7-12(9-17)14(3,4)5/h11-12,16H,7-10H2,1-6H3,(H,18,19). The molecule has 1 aliphatic rings. The van der Waals surface area contributed by atoms with Crippen LogP contribution in [-0.2, 0) is 4.79 Å². The maximum atomic E-state index is 11.5. The number of hydrogen-bond acceptors (Lipinski definition) is 3. The van der Waals surface area contributed by atoms with Gasteiger partial charge in [0.2, 0.25) is 0 Å². The Balaban J connectivity index is 2.65. The lowest BCUT2D eigenvalue weighted by molar-refractivity contribution is -0.145. The van der Waals surface area contributed by atoms with Gasteiger partial charge in [0.25, 0.3) is 0 Å². The van der Waals surface area contributed by atoms with E-state index in [0.717, 1.165) is 13.1 Å². The number of likely N-dealkylation sites (tertiary alicyclic amines) is 1. The van der Waals surface area contributed by atoms with Crippen LogP contribution in [-0.4, -0.2) is 47.2 Å². The molecule has 4 nitrogen and oxygen atoms in total. The summed E-state index contributed by atoms with van der Waals surface area (Å²) in [6.07, 6.45) is 1.17. The predicted molar refractivity (Wildman–Crippen MR) is 78.3 cm³/mol. The minimum atomic E-state index is -0.860. The molecule has 1 saturated heterocycles. The Hall–Kier alpha value is -0.610. The van der Waals surface area contributed by atoms with Crippen LogP contribution in [0.15, 0.2) is 0 Å². The van der Waals surface area contributed by atoms with Gasteiger partial charge in [0.15, 0.2) is 0 Å². The Morgan fingerprint density at radius 2 is 1.95 bits per heavy atom. The van der Waals surface area contributed by atoms with Crippen LogP contribution in [0, 0.1) is 11.3 Å². The summed E-state index contributed by atoms with van der Waals surface area (Å²) < 4.78 is 0. The van der Waals surface area contributed by atoms with E-state index in [1.54, 1.807) is 6.92 Å². The van der Waals surface area contributed by atoms with Crippen molar-refractivity contribution in [1.29, 1.82) is 0 Å². The average Bonchev–Trinajstić information content (AvgIpc) is 2.63. The predicted octanol–water partition coefficient (Wildman–Crippen LogP) is 2.20. The summed E-state index contributed by atoms with van der Waals surface area (Å²) in [5.41, 5.74) is -0.555. The Morgan fingerprint density at radius 3 is 2.32 bits per heavy atom. The van der Waals surface area contributed by atoms with Crippen molar-refractivity contribution in [3.05, 3.63) is 0 Å². The molecule has 2 unspecified atom stereocenters. The first-order valence-electron chi connectivity index (χ1n) is 7.28. The van der Waals surface area contributed by atoms with Crippen LogP contribution in [0.3, 0.4) is 0 Å². The van der Waals surface area contributed by atoms with Crippen LogP contribution in [0.1, 0.15) is 48.0 Å². The fourth-order valence-corrected chi connectivity index (χ4v) is 2.94. The van der Waals surface area contributed by atoms with Crippen LogP contribution < -0.4 is 5.32 Å². The summed E-state index contributed by atoms with van der Waals surface area (Å²) >= 11 is 0. The molecule has 1 aliphatic heterocycles. The minimum absolute atomic E-state index is 0.169. The SMILES string of the molecule is CC(C)NC(C)(CN1CCC(C(C)(C)C)C1)C(=O)O. The quantitative estimate of drug-likeness (QED) is 0.804. The molecule has 4 heteroatoms. The molecular formula is C15H30N2O2. The first kappa shape index (κ1) is 16.4. The molecule has 0 bridgehead atoms. The summed E-state index contributed by atoms with van der Waals surface area (Å²) in [5, 5.41) is 12.7. The van der Waals surface area contributed by atoms with Gasteiger partial charge < -0.3 is 10.0 Å². The smallest absolute Gasteiger partial charge is 0.324 e. The zero-order chi connectivity index (χ0) is 14.8. The summed E-state index contributed by atoms with van der Waals surface area (Å²) in [6, 6.07) is 0.169. The highest BCUT2D eigenvalue weighted by Gasteiger charge is 2.39. The number of nitrogens with zero attached hydrogens (tertiary/aromatic N) is 1. The Bertz CT molecular complexity index is 323. The number of hydrogen-bond donors (Lipinski definition) is 2. The van der Waals surface area contributed by atoms with E-state index in [1.807, 2.05) is 13.8 Å². The van der Waals surface area contributed by atoms with E-state index in [0.29, 0.717) is 17.9 Å². The fraction of sp³-hybridized carbons (Fsp3) is 0.933. The second-order valence-corrected chi connectivity index (χ2v) is 7.52. The van der Waals surface area contributed by atoms with Crippen LogP contribution in [0.4, 0.5) is 0 Å². The number of aliphatic carboxylic acids is 1. The van der Waals surface area contributed by atoms with Gasteiger partial charge in [0.1, 0.15) is 5.54 Å². The molecule has 0 saturated carbocycles. The Labute approximate surface area is 117 Å². The molecular weight excluding hydrogens is 240 g/mol. The molecule has 0 spiro atoms. The molecule has 112 valence electrons. The summed E-state index contributed by atoms with van der Waals surface area (Å²) in [6.45, 7) is 15.2. The lowest BCUT2D eigenvalue weighted by Crippen LogP contribution is -2.58. The van der Waals surface area contributed by atoms with Crippen molar-refractivity contribution in [3.8, 4) is 0 Å². The second-order valence-electron chi connectivity index (χ2n) is 7.52. The molecule has 2 N–H and O–H groups in total. The molecule has 19 heavy (non-hydrogen) atoms. The first-order valence-corrected chi connectivity index (χ1v) is 7.28. The molecule has 0 aromatic carbocycles. The van der Waals surface area contributed by atoms with Gasteiger partial charge in [-0.15, -0.1) is 0 Å². The zero-order valence-corrected chi connectivity index (χ0v) is 13.3. The van der Waals surface area contributed by atoms with E-state index in [9.17, 15) is 9.90 Å². The van der Waals surface area contributed by atoms with Gasteiger partial charge in [0, 0.05) is 19.1 Å². The molecule has 1 fully saturated rings. The highest BCUT2D eigenvalue weighted by atomic mass is 16.4. The van der Waals surface area contributed by atoms with E-state index in [2.05, 4.69) is 31.0 Å². The molecule has 1 heterocycles. The maximum absolute atomic E-state index is 11.5. The normalized spacial score (nSPS) is 24.7. The number of carboxylic acid groups (broad SMARTS) is 1. The van der Waals surface area contributed by atoms with Crippen LogP contribution in [0.2, 0.25) is 0 Å². The molecule has 1 rings (SSSR count). The summed E-state index contributed by atoms with van der Waals surface area (Å²) in [5.74, 6) is -0.106. The lowest BCUT2D eigenvalue weighted by atomic mass is 9.80. The zero-order valence-electron chi connectivity index (χ0n) is 13.3. The summed E-state index contributed by atoms with van der Waals surface area (Å²) in [7, 11) is 0. The average molecular weight is 270 g/mol. The largest absolute Gasteiger partial charge is 0.480 e. The molecule has 0 amide bonds. The number of rotatable bonds is 5. The van der Waals surface area contributed by atoms with Crippen molar-refractivity contribution in [1.82, 2.24) is 10.2 Å². The van der Waals surface area contributed by atoms with E-state index < -0.39 is 11.5 Å². The first-order chi connectivity index (χ1) is 8.54. The molecule has 0 radical (unpaired) electrons. The van der Waals surface area contributed by atoms with Gasteiger partial charge in [0.05, 0.1) is 0 Å². The molecule has 0 aromatic heterocycles. The van der Waals surface area contributed by atoms with Crippen LogP contribution in [0.5, 0.6) is 0 Å². The molecule has 0 aromatic rings. The van der Waals surface area contributed by atoms with Crippen molar-refractivity contribution < 1.29 is 9.90 Å². The van der Waals surface area contributed by atoms with Gasteiger partial charge in [-0.25, -0.2) is 0 Å². The summed E-state index contributed by atoms with van der Waals surface area (Å²) in [4.78, 5) is 13.8. The second kappa shape index (κ2) is 5.80. The van der Waals surface area contributed by atoms with E-state index in [4.69, 9.17) is 0 Å². The van der Waals surface area contributed by atoms with Gasteiger partial charge in [-0.2, -0.15) is 0 Å². The number of carboxylic acids is 1. The third-order valence-corrected chi connectivity index (χ3v) is 4.12. The van der Waals surface area contributed by atoms with Gasteiger partial charge >= 0.3 is 5.97 Å². The van der Waals surface area contributed by atoms with Crippen LogP contribution >= 0.6 is 0 Å². The van der Waals surface area contributed by atoms with Gasteiger partial charge in [-0.05, 0) is 45.1 Å². The monoisotopic (exact) mass is 270 g/mol. The molecule has 2 atom stereocenters. The van der Waals surface area contributed by atoms with E-state index >= 15 is 0 Å². The highest BCUT2D eigenvalue weighted by Crippen LogP contribution is 2.34. The van der Waals surface area contributed by atoms with Crippen molar-refractivity contribution in [2.75, 3.05) is 19.6 Å². The third-order valence-electron chi connectivity index (χ3n) is 4.12. The number of carbonyl (C=O) groups is 1. The Kier molecular flexibility index (Phi) is 5.02. The minimum Gasteiger partial charge on any atom is -0.480 e. The molecule has 0 aliphatic carbocycles. The number of nitrogens with one attached hydrogen (secondary N) is 1. The fourth-order valence-electron chi connectivity index (χ4n) is 2.94. The van der Waals surface area contributed by atoms with Crippen molar-refractivity contribution in [2.45, 2.75) is 59.5 Å². The maximum Gasteiger partial charge on any atom is 0.324 e. The topological polar surface area (TPSA) is 52.6 Å². The third kappa shape index (κ3) is 4.46. The van der Waals surface area contributed by atoms with Crippen molar-refractivity contribution >= 4 is 5.97 Å². The van der Waals surface area contributed by atoms with Gasteiger partial charge in [-0.1, -0.05) is 20.8 Å². The van der Waals surface area contributed by atoms with Crippen LogP contribution in [0.25, 0.3) is 0 Å². The van der Waals surface area contributed by atoms with E-state index in [1.165, 1.54) is 6.42 Å².